The number of hydrogen-bond acceptors (Lipinski definition) is 6. The summed E-state index contributed by atoms with van der Waals surface area (Å²) in [4.78, 5) is 60.3. The molecule has 1 saturated heterocycles. The van der Waals surface area contributed by atoms with Crippen molar-refractivity contribution in [3.05, 3.63) is 73.4 Å². The van der Waals surface area contributed by atoms with Crippen LogP contribution in [0.3, 0.4) is 0 Å². The van der Waals surface area contributed by atoms with Gasteiger partial charge in [-0.1, -0.05) is 23.2 Å². The number of ether oxygens (including phenoxy) is 1. The Bertz CT molecular complexity index is 1820. The lowest BCUT2D eigenvalue weighted by molar-refractivity contribution is -0.131. The number of hydrogen-bond donors (Lipinski definition) is 2. The summed E-state index contributed by atoms with van der Waals surface area (Å²) in [6.07, 6.45) is 1.63. The van der Waals surface area contributed by atoms with E-state index in [1.807, 2.05) is 13.0 Å². The van der Waals surface area contributed by atoms with Gasteiger partial charge in [-0.25, -0.2) is 9.18 Å². The van der Waals surface area contributed by atoms with Gasteiger partial charge in [-0.2, -0.15) is 0 Å². The van der Waals surface area contributed by atoms with Crippen molar-refractivity contribution < 1.29 is 23.5 Å². The summed E-state index contributed by atoms with van der Waals surface area (Å²) >= 11 is 12.6. The van der Waals surface area contributed by atoms with Crippen LogP contribution in [0.15, 0.2) is 35.1 Å². The number of aromatic amines is 1. The molecule has 46 heavy (non-hydrogen) atoms. The van der Waals surface area contributed by atoms with E-state index in [1.165, 1.54) is 12.1 Å². The van der Waals surface area contributed by atoms with E-state index in [4.69, 9.17) is 27.9 Å². The highest BCUT2D eigenvalue weighted by atomic mass is 35.5. The minimum Gasteiger partial charge on any atom is -0.444 e. The molecule has 2 N–H and O–H groups in total. The Kier molecular flexibility index (Phi) is 8.21. The highest BCUT2D eigenvalue weighted by molar-refractivity contribution is 6.35. The molecule has 3 aromatic rings. The predicted octanol–water partition coefficient (Wildman–Crippen LogP) is 5.76. The number of fused-ring (bicyclic) bond motifs is 2. The van der Waals surface area contributed by atoms with Gasteiger partial charge in [-0.15, -0.1) is 0 Å². The average molecular weight is 673 g/mol. The van der Waals surface area contributed by atoms with Crippen molar-refractivity contribution >= 4 is 57.6 Å². The summed E-state index contributed by atoms with van der Waals surface area (Å²) < 4.78 is 20.7. The molecule has 1 unspecified atom stereocenters. The molecule has 0 bridgehead atoms. The molecule has 10 nitrogen and oxygen atoms in total. The first-order valence-electron chi connectivity index (χ1n) is 15.3. The second-order valence-electron chi connectivity index (χ2n) is 13.3. The third kappa shape index (κ3) is 6.14. The van der Waals surface area contributed by atoms with E-state index in [0.29, 0.717) is 41.5 Å². The molecule has 6 rings (SSSR count). The van der Waals surface area contributed by atoms with Crippen LogP contribution in [0.2, 0.25) is 10.0 Å². The highest BCUT2D eigenvalue weighted by Gasteiger charge is 2.54. The number of benzene rings is 2. The molecule has 1 aromatic heterocycles. The average Bonchev–Trinajstić information content (AvgIpc) is 3.73. The Morgan fingerprint density at radius 1 is 1.09 bits per heavy atom. The molecule has 1 aliphatic carbocycles. The van der Waals surface area contributed by atoms with Crippen LogP contribution in [-0.4, -0.2) is 81.5 Å². The van der Waals surface area contributed by atoms with Crippen LogP contribution >= 0.6 is 23.2 Å². The summed E-state index contributed by atoms with van der Waals surface area (Å²) in [7, 11) is 0. The number of nitrogens with zero attached hydrogens (tertiary/aromatic N) is 3. The molecule has 2 aliphatic heterocycles. The molecule has 1 spiro atoms. The van der Waals surface area contributed by atoms with Crippen molar-refractivity contribution in [3.63, 3.8) is 0 Å². The van der Waals surface area contributed by atoms with Gasteiger partial charge >= 0.3 is 6.09 Å². The van der Waals surface area contributed by atoms with E-state index < -0.39 is 28.6 Å². The number of rotatable bonds is 4. The number of amides is 3. The molecular weight excluding hydrogens is 636 g/mol. The molecule has 3 heterocycles. The fourth-order valence-corrected chi connectivity index (χ4v) is 7.24. The summed E-state index contributed by atoms with van der Waals surface area (Å²) in [6, 6.07) is 7.28. The van der Waals surface area contributed by atoms with Gasteiger partial charge < -0.3 is 29.7 Å². The Hall–Kier alpha value is -3.83. The van der Waals surface area contributed by atoms with Crippen molar-refractivity contribution in [1.82, 2.24) is 19.7 Å². The standard InChI is InChI=1S/C33H36Cl2FN5O5/c1-18-28-19(11-21(34)14-23(28)35)5-8-40(18)27(42)16-37-25-12-20-13-26(38-29(43)22(20)15-24(25)36)30(44)41-10-9-39(17-33(41)6-7-33)31(45)46-32(2,3)4/h11-15,18,37H,5-10,16-17H2,1-4H3,(H,38,43). The maximum atomic E-state index is 15.1. The quantitative estimate of drug-likeness (QED) is 0.365. The van der Waals surface area contributed by atoms with E-state index in [-0.39, 0.29) is 47.7 Å². The van der Waals surface area contributed by atoms with Gasteiger partial charge in [0.05, 0.1) is 29.2 Å². The van der Waals surface area contributed by atoms with Crippen LogP contribution in [-0.2, 0) is 16.0 Å². The van der Waals surface area contributed by atoms with Crippen LogP contribution in [0, 0.1) is 5.82 Å². The SMILES string of the molecule is CC1c2c(Cl)cc(Cl)cc2CCN1C(=O)CNc1cc2cc(C(=O)N3CCN(C(=O)OC(C)(C)C)CC34CC4)[nH]c(=O)c2cc1F. The lowest BCUT2D eigenvalue weighted by atomic mass is 9.93. The van der Waals surface area contributed by atoms with Gasteiger partial charge in [0.25, 0.3) is 11.5 Å². The molecular formula is C33H36Cl2FN5O5. The van der Waals surface area contributed by atoms with Gasteiger partial charge in [-0.05, 0) is 93.8 Å². The fourth-order valence-electron chi connectivity index (χ4n) is 6.55. The Balaban J connectivity index is 1.18. The van der Waals surface area contributed by atoms with Crippen LogP contribution in [0.4, 0.5) is 14.9 Å². The first-order chi connectivity index (χ1) is 21.7. The zero-order chi connectivity index (χ0) is 33.1. The van der Waals surface area contributed by atoms with Gasteiger partial charge in [-0.3, -0.25) is 14.4 Å². The number of nitrogens with one attached hydrogen (secondary N) is 2. The molecule has 2 aromatic carbocycles. The Labute approximate surface area is 275 Å². The first-order valence-corrected chi connectivity index (χ1v) is 16.1. The lowest BCUT2D eigenvalue weighted by Gasteiger charge is -2.42. The maximum absolute atomic E-state index is 15.1. The number of anilines is 1. The third-order valence-electron chi connectivity index (χ3n) is 8.98. The van der Waals surface area contributed by atoms with Crippen molar-refractivity contribution in [1.29, 1.82) is 0 Å². The number of aromatic nitrogens is 1. The van der Waals surface area contributed by atoms with Crippen LogP contribution in [0.1, 0.15) is 68.2 Å². The van der Waals surface area contributed by atoms with E-state index in [9.17, 15) is 19.2 Å². The smallest absolute Gasteiger partial charge is 0.410 e. The molecule has 0 radical (unpaired) electrons. The van der Waals surface area contributed by atoms with Crippen molar-refractivity contribution in [2.75, 3.05) is 38.0 Å². The van der Waals surface area contributed by atoms with Gasteiger partial charge in [0, 0.05) is 36.2 Å². The number of carbonyl (C=O) groups is 3. The maximum Gasteiger partial charge on any atom is 0.410 e. The topological polar surface area (TPSA) is 115 Å². The summed E-state index contributed by atoms with van der Waals surface area (Å²) in [5.74, 6) is -1.31. The summed E-state index contributed by atoms with van der Waals surface area (Å²) in [5.41, 5.74) is 0.195. The van der Waals surface area contributed by atoms with Crippen molar-refractivity contribution in [2.24, 2.45) is 0 Å². The predicted molar refractivity (Wildman–Crippen MR) is 174 cm³/mol. The lowest BCUT2D eigenvalue weighted by Crippen LogP contribution is -2.59. The van der Waals surface area contributed by atoms with Gasteiger partial charge in [0.2, 0.25) is 5.91 Å². The van der Waals surface area contributed by atoms with Gasteiger partial charge in [0.1, 0.15) is 17.1 Å². The summed E-state index contributed by atoms with van der Waals surface area (Å²) in [5, 5.41) is 4.35. The van der Waals surface area contributed by atoms with Crippen LogP contribution < -0.4 is 10.9 Å². The Morgan fingerprint density at radius 3 is 2.52 bits per heavy atom. The first kappa shape index (κ1) is 32.1. The van der Waals surface area contributed by atoms with E-state index in [0.717, 1.165) is 30.0 Å². The monoisotopic (exact) mass is 671 g/mol. The molecule has 1 atom stereocenters. The third-order valence-corrected chi connectivity index (χ3v) is 9.51. The van der Waals surface area contributed by atoms with Gasteiger partial charge in [0.15, 0.2) is 0 Å². The molecule has 3 amide bonds. The van der Waals surface area contributed by atoms with Crippen LogP contribution in [0.5, 0.6) is 0 Å². The number of halogens is 3. The molecule has 2 fully saturated rings. The number of H-pyrrole nitrogens is 1. The van der Waals surface area contributed by atoms with Crippen molar-refractivity contribution in [3.8, 4) is 0 Å². The molecule has 13 heteroatoms. The number of pyridine rings is 1. The largest absolute Gasteiger partial charge is 0.444 e. The fraction of sp³-hybridized carbons (Fsp3) is 0.455. The molecule has 3 aliphatic rings. The zero-order valence-electron chi connectivity index (χ0n) is 26.1. The second kappa shape index (κ2) is 11.8. The molecule has 244 valence electrons. The van der Waals surface area contributed by atoms with E-state index >= 15 is 4.39 Å². The van der Waals surface area contributed by atoms with E-state index in [2.05, 4.69) is 10.3 Å². The van der Waals surface area contributed by atoms with E-state index in [1.54, 1.807) is 41.5 Å². The minimum absolute atomic E-state index is 0.0318. The minimum atomic E-state index is -0.699. The highest BCUT2D eigenvalue weighted by Crippen LogP contribution is 2.45. The second-order valence-corrected chi connectivity index (χ2v) is 14.2. The molecule has 1 saturated carbocycles. The Morgan fingerprint density at radius 2 is 1.83 bits per heavy atom. The number of carbonyl (C=O) groups excluding carboxylic acids is 3. The summed E-state index contributed by atoms with van der Waals surface area (Å²) in [6.45, 7) is 8.51. The normalized spacial score (nSPS) is 18.8. The number of piperazine rings is 1. The van der Waals surface area contributed by atoms with Crippen LogP contribution in [0.25, 0.3) is 10.8 Å². The zero-order valence-corrected chi connectivity index (χ0v) is 27.6. The van der Waals surface area contributed by atoms with Crippen molar-refractivity contribution in [2.45, 2.75) is 64.1 Å².